The van der Waals surface area contributed by atoms with Crippen molar-refractivity contribution in [3.05, 3.63) is 28.8 Å². The van der Waals surface area contributed by atoms with E-state index in [1.54, 1.807) is 12.1 Å². The Kier molecular flexibility index (Phi) is 4.32. The molecular formula is C14H18ClNO3. The van der Waals surface area contributed by atoms with Crippen LogP contribution in [0.4, 0.5) is 0 Å². The predicted molar refractivity (Wildman–Crippen MR) is 73.4 cm³/mol. The summed E-state index contributed by atoms with van der Waals surface area (Å²) in [5, 5.41) is 9.73. The number of morpholine rings is 1. The fraction of sp³-hybridized carbons (Fsp3) is 0.500. The average Bonchev–Trinajstić information content (AvgIpc) is 2.32. The van der Waals surface area contributed by atoms with E-state index < -0.39 is 0 Å². The van der Waals surface area contributed by atoms with Crippen molar-refractivity contribution in [3.63, 3.8) is 0 Å². The Labute approximate surface area is 117 Å². The van der Waals surface area contributed by atoms with E-state index in [0.29, 0.717) is 18.2 Å². The van der Waals surface area contributed by atoms with Gasteiger partial charge in [-0.25, -0.2) is 0 Å². The maximum Gasteiger partial charge on any atom is 0.227 e. The van der Waals surface area contributed by atoms with Crippen molar-refractivity contribution >= 4 is 17.5 Å². The fourth-order valence-electron chi connectivity index (χ4n) is 2.43. The Morgan fingerprint density at radius 2 is 2.05 bits per heavy atom. The third-order valence-corrected chi connectivity index (χ3v) is 3.69. The molecule has 1 saturated heterocycles. The number of hydrogen-bond acceptors (Lipinski definition) is 3. The van der Waals surface area contributed by atoms with Crippen LogP contribution in [0.25, 0.3) is 0 Å². The van der Waals surface area contributed by atoms with Gasteiger partial charge in [-0.05, 0) is 31.5 Å². The van der Waals surface area contributed by atoms with Crippen LogP contribution in [0.2, 0.25) is 5.02 Å². The molecule has 1 fully saturated rings. The van der Waals surface area contributed by atoms with E-state index in [0.717, 1.165) is 5.56 Å². The summed E-state index contributed by atoms with van der Waals surface area (Å²) in [6.45, 7) is 5.09. The largest absolute Gasteiger partial charge is 0.508 e. The summed E-state index contributed by atoms with van der Waals surface area (Å²) in [6, 6.07) is 4.84. The highest BCUT2D eigenvalue weighted by molar-refractivity contribution is 6.31. The molecule has 0 bridgehead atoms. The maximum atomic E-state index is 12.4. The standard InChI is InChI=1S/C14H18ClNO3/c1-9-7-19-8-10(2)16(9)14(18)5-11-3-4-12(17)6-13(11)15/h3-4,6,9-10,17H,5,7-8H2,1-2H3/t9-,10-/m0/s1. The smallest absolute Gasteiger partial charge is 0.227 e. The van der Waals surface area contributed by atoms with Crippen LogP contribution in [0.1, 0.15) is 19.4 Å². The summed E-state index contributed by atoms with van der Waals surface area (Å²) < 4.78 is 5.41. The Morgan fingerprint density at radius 1 is 1.42 bits per heavy atom. The molecule has 1 aliphatic heterocycles. The highest BCUT2D eigenvalue weighted by Gasteiger charge is 2.29. The summed E-state index contributed by atoms with van der Waals surface area (Å²) in [4.78, 5) is 14.2. The molecule has 0 saturated carbocycles. The van der Waals surface area contributed by atoms with E-state index in [-0.39, 0.29) is 30.2 Å². The molecule has 0 radical (unpaired) electrons. The quantitative estimate of drug-likeness (QED) is 0.905. The van der Waals surface area contributed by atoms with Crippen LogP contribution in [0.3, 0.4) is 0 Å². The van der Waals surface area contributed by atoms with Crippen LogP contribution in [-0.4, -0.2) is 41.2 Å². The molecule has 1 aromatic carbocycles. The lowest BCUT2D eigenvalue weighted by atomic mass is 10.1. The number of carbonyl (C=O) groups is 1. The van der Waals surface area contributed by atoms with Gasteiger partial charge in [-0.15, -0.1) is 0 Å². The van der Waals surface area contributed by atoms with Gasteiger partial charge in [-0.1, -0.05) is 17.7 Å². The third kappa shape index (κ3) is 3.19. The molecule has 0 aliphatic carbocycles. The van der Waals surface area contributed by atoms with E-state index in [9.17, 15) is 9.90 Å². The molecule has 1 heterocycles. The summed E-state index contributed by atoms with van der Waals surface area (Å²) in [7, 11) is 0. The van der Waals surface area contributed by atoms with E-state index in [1.807, 2.05) is 18.7 Å². The summed E-state index contributed by atoms with van der Waals surface area (Å²) >= 11 is 6.03. The zero-order chi connectivity index (χ0) is 14.0. The van der Waals surface area contributed by atoms with Crippen molar-refractivity contribution < 1.29 is 14.6 Å². The number of ether oxygens (including phenoxy) is 1. The molecule has 1 N–H and O–H groups in total. The van der Waals surface area contributed by atoms with Crippen molar-refractivity contribution in [2.24, 2.45) is 0 Å². The number of halogens is 1. The van der Waals surface area contributed by atoms with Crippen LogP contribution in [0.15, 0.2) is 18.2 Å². The fourth-order valence-corrected chi connectivity index (χ4v) is 2.67. The minimum Gasteiger partial charge on any atom is -0.508 e. The van der Waals surface area contributed by atoms with Gasteiger partial charge < -0.3 is 14.7 Å². The zero-order valence-corrected chi connectivity index (χ0v) is 11.9. The first-order valence-corrected chi connectivity index (χ1v) is 6.73. The molecule has 1 aromatic rings. The van der Waals surface area contributed by atoms with Crippen molar-refractivity contribution in [1.29, 1.82) is 0 Å². The zero-order valence-electron chi connectivity index (χ0n) is 11.1. The van der Waals surface area contributed by atoms with Crippen LogP contribution in [0, 0.1) is 0 Å². The summed E-state index contributed by atoms with van der Waals surface area (Å²) in [5.74, 6) is 0.144. The van der Waals surface area contributed by atoms with Crippen LogP contribution >= 0.6 is 11.6 Å². The van der Waals surface area contributed by atoms with Gasteiger partial charge in [0.1, 0.15) is 5.75 Å². The van der Waals surface area contributed by atoms with Gasteiger partial charge in [-0.3, -0.25) is 4.79 Å². The molecule has 2 atom stereocenters. The molecule has 0 unspecified atom stereocenters. The number of phenolic OH excluding ortho intramolecular Hbond substituents is 1. The van der Waals surface area contributed by atoms with Crippen molar-refractivity contribution in [2.45, 2.75) is 32.4 Å². The van der Waals surface area contributed by atoms with Crippen LogP contribution < -0.4 is 0 Å². The van der Waals surface area contributed by atoms with Gasteiger partial charge in [-0.2, -0.15) is 0 Å². The Balaban J connectivity index is 2.11. The van der Waals surface area contributed by atoms with Crippen molar-refractivity contribution in [1.82, 2.24) is 4.90 Å². The molecule has 0 aromatic heterocycles. The lowest BCUT2D eigenvalue weighted by Gasteiger charge is -2.39. The topological polar surface area (TPSA) is 49.8 Å². The first-order valence-electron chi connectivity index (χ1n) is 6.35. The molecule has 4 nitrogen and oxygen atoms in total. The van der Waals surface area contributed by atoms with Crippen LogP contribution in [0.5, 0.6) is 5.75 Å². The van der Waals surface area contributed by atoms with E-state index >= 15 is 0 Å². The lowest BCUT2D eigenvalue weighted by Crippen LogP contribution is -2.53. The molecular weight excluding hydrogens is 266 g/mol. The Hall–Kier alpha value is -1.26. The maximum absolute atomic E-state index is 12.4. The number of nitrogens with zero attached hydrogens (tertiary/aromatic N) is 1. The molecule has 1 aliphatic rings. The van der Waals surface area contributed by atoms with E-state index in [2.05, 4.69) is 0 Å². The second-order valence-electron chi connectivity index (χ2n) is 4.99. The number of carbonyl (C=O) groups excluding carboxylic acids is 1. The lowest BCUT2D eigenvalue weighted by molar-refractivity contribution is -0.143. The Bertz CT molecular complexity index is 468. The first kappa shape index (κ1) is 14.2. The second-order valence-corrected chi connectivity index (χ2v) is 5.40. The van der Waals surface area contributed by atoms with E-state index in [4.69, 9.17) is 16.3 Å². The van der Waals surface area contributed by atoms with Gasteiger partial charge in [0.15, 0.2) is 0 Å². The number of aromatic hydroxyl groups is 1. The predicted octanol–water partition coefficient (Wildman–Crippen LogP) is 2.22. The number of amides is 1. The highest BCUT2D eigenvalue weighted by Crippen LogP contribution is 2.23. The minimum atomic E-state index is 0.0379. The average molecular weight is 284 g/mol. The second kappa shape index (κ2) is 5.80. The molecule has 1 amide bonds. The number of benzene rings is 1. The third-order valence-electron chi connectivity index (χ3n) is 3.33. The molecule has 2 rings (SSSR count). The Morgan fingerprint density at radius 3 is 2.63 bits per heavy atom. The van der Waals surface area contributed by atoms with Crippen molar-refractivity contribution in [3.8, 4) is 5.75 Å². The van der Waals surface area contributed by atoms with Gasteiger partial charge in [0.25, 0.3) is 0 Å². The molecule has 104 valence electrons. The van der Waals surface area contributed by atoms with Crippen LogP contribution in [-0.2, 0) is 16.0 Å². The molecule has 0 spiro atoms. The first-order chi connectivity index (χ1) is 8.99. The summed E-state index contributed by atoms with van der Waals surface area (Å²) in [5.41, 5.74) is 0.732. The van der Waals surface area contributed by atoms with Gasteiger partial charge in [0.2, 0.25) is 5.91 Å². The van der Waals surface area contributed by atoms with Crippen molar-refractivity contribution in [2.75, 3.05) is 13.2 Å². The normalized spacial score (nSPS) is 23.4. The van der Waals surface area contributed by atoms with E-state index in [1.165, 1.54) is 6.07 Å². The van der Waals surface area contributed by atoms with Gasteiger partial charge in [0.05, 0.1) is 31.7 Å². The molecule has 19 heavy (non-hydrogen) atoms. The van der Waals surface area contributed by atoms with Gasteiger partial charge in [0, 0.05) is 5.02 Å². The number of rotatable bonds is 2. The highest BCUT2D eigenvalue weighted by atomic mass is 35.5. The number of phenols is 1. The monoisotopic (exact) mass is 283 g/mol. The minimum absolute atomic E-state index is 0.0379. The number of hydrogen-bond donors (Lipinski definition) is 1. The summed E-state index contributed by atoms with van der Waals surface area (Å²) in [6.07, 6.45) is 0.244. The van der Waals surface area contributed by atoms with Gasteiger partial charge >= 0.3 is 0 Å². The SMILES string of the molecule is C[C@H]1COC[C@H](C)N1C(=O)Cc1ccc(O)cc1Cl. The molecule has 5 heteroatoms.